The number of aliphatic hydroxyl groups excluding tert-OH is 1. The number of carbonyl (C=O) groups is 2. The fourth-order valence-corrected chi connectivity index (χ4v) is 2.92. The first-order chi connectivity index (χ1) is 13.9. The minimum absolute atomic E-state index is 0.267. The number of aliphatic carboxylic acids is 2. The van der Waals surface area contributed by atoms with Crippen molar-refractivity contribution in [2.24, 2.45) is 5.92 Å². The van der Waals surface area contributed by atoms with Gasteiger partial charge in [0, 0.05) is 25.6 Å². The lowest BCUT2D eigenvalue weighted by atomic mass is 10.1. The molecule has 0 spiro atoms. The van der Waals surface area contributed by atoms with E-state index in [2.05, 4.69) is 28.5 Å². The van der Waals surface area contributed by atoms with E-state index in [0.29, 0.717) is 5.92 Å². The van der Waals surface area contributed by atoms with Crippen molar-refractivity contribution in [3.8, 4) is 5.75 Å². The van der Waals surface area contributed by atoms with E-state index in [4.69, 9.17) is 24.8 Å². The summed E-state index contributed by atoms with van der Waals surface area (Å²) in [5.41, 5.74) is 1.11. The van der Waals surface area contributed by atoms with Crippen LogP contribution in [0.3, 0.4) is 0 Å². The molecule has 3 rings (SSSR count). The topological polar surface area (TPSA) is 138 Å². The predicted molar refractivity (Wildman–Crippen MR) is 105 cm³/mol. The molecule has 9 heteroatoms. The summed E-state index contributed by atoms with van der Waals surface area (Å²) in [5.74, 6) is -1.33. The van der Waals surface area contributed by atoms with Crippen LogP contribution in [-0.4, -0.2) is 70.8 Å². The molecule has 1 aromatic rings. The second-order valence-electron chi connectivity index (χ2n) is 6.95. The van der Waals surface area contributed by atoms with Gasteiger partial charge < -0.3 is 30.1 Å². The average Bonchev–Trinajstić information content (AvgIpc) is 3.21. The average molecular weight is 408 g/mol. The van der Waals surface area contributed by atoms with Crippen molar-refractivity contribution < 1.29 is 34.4 Å². The number of pyridine rings is 1. The summed E-state index contributed by atoms with van der Waals surface area (Å²) < 4.78 is 11.3. The molecule has 0 amide bonds. The summed E-state index contributed by atoms with van der Waals surface area (Å²) in [6.45, 7) is 3.81. The lowest BCUT2D eigenvalue weighted by molar-refractivity contribution is -0.152. The molecule has 2 aliphatic rings. The molecule has 29 heavy (non-hydrogen) atoms. The molecular weight excluding hydrogens is 380 g/mol. The van der Waals surface area contributed by atoms with Gasteiger partial charge in [0.15, 0.2) is 6.10 Å². The molecule has 2 saturated heterocycles. The third kappa shape index (κ3) is 9.03. The Morgan fingerprint density at radius 3 is 2.62 bits per heavy atom. The van der Waals surface area contributed by atoms with Crippen molar-refractivity contribution in [1.29, 1.82) is 0 Å². The number of nitrogens with zero attached hydrogens (tertiary/aromatic N) is 1. The van der Waals surface area contributed by atoms with Gasteiger partial charge in [-0.05, 0) is 30.5 Å². The van der Waals surface area contributed by atoms with Crippen LogP contribution in [-0.2, 0) is 14.3 Å². The standard InChI is InChI=1S/C16H22N2O2.C4H6O5/c1(13-3-6-17-10-13)2-14-9-16(12-18-11-14)20-15-4-7-19-8-5-15;5-2(4(8)9)1-3(6)7/h1-2,9,11-13,15,17H,3-8,10H2;2,5H,1H2,(H,6,7)(H,8,9)/b2-1+;/t13-;2-/m00/s1. The normalized spacial score (nSPS) is 20.7. The van der Waals surface area contributed by atoms with Crippen LogP contribution in [0.4, 0.5) is 0 Å². The maximum absolute atomic E-state index is 9.72. The van der Waals surface area contributed by atoms with Gasteiger partial charge in [0.1, 0.15) is 11.9 Å². The van der Waals surface area contributed by atoms with Gasteiger partial charge in [0.25, 0.3) is 0 Å². The van der Waals surface area contributed by atoms with Crippen LogP contribution in [0.15, 0.2) is 24.5 Å². The van der Waals surface area contributed by atoms with Crippen LogP contribution < -0.4 is 10.1 Å². The first kappa shape index (κ1) is 22.8. The van der Waals surface area contributed by atoms with E-state index in [9.17, 15) is 9.59 Å². The Hall–Kier alpha value is -2.49. The van der Waals surface area contributed by atoms with E-state index in [-0.39, 0.29) is 6.10 Å². The molecule has 160 valence electrons. The highest BCUT2D eigenvalue weighted by Crippen LogP contribution is 2.19. The highest BCUT2D eigenvalue weighted by molar-refractivity contribution is 5.79. The molecule has 0 aliphatic carbocycles. The Morgan fingerprint density at radius 2 is 2.03 bits per heavy atom. The molecule has 2 aliphatic heterocycles. The number of ether oxygens (including phenoxy) is 2. The second kappa shape index (κ2) is 12.2. The lowest BCUT2D eigenvalue weighted by Gasteiger charge is -2.23. The zero-order chi connectivity index (χ0) is 21.1. The molecule has 9 nitrogen and oxygen atoms in total. The highest BCUT2D eigenvalue weighted by Gasteiger charge is 2.16. The third-order valence-corrected chi connectivity index (χ3v) is 4.52. The molecule has 0 bridgehead atoms. The molecule has 3 heterocycles. The van der Waals surface area contributed by atoms with Crippen molar-refractivity contribution in [1.82, 2.24) is 10.3 Å². The van der Waals surface area contributed by atoms with Crippen LogP contribution >= 0.6 is 0 Å². The molecule has 0 radical (unpaired) electrons. The molecule has 1 aromatic heterocycles. The number of carboxylic acids is 2. The van der Waals surface area contributed by atoms with Gasteiger partial charge in [-0.1, -0.05) is 12.2 Å². The number of aromatic nitrogens is 1. The minimum atomic E-state index is -1.79. The summed E-state index contributed by atoms with van der Waals surface area (Å²) in [4.78, 5) is 23.7. The summed E-state index contributed by atoms with van der Waals surface area (Å²) in [6, 6.07) is 2.07. The highest BCUT2D eigenvalue weighted by atomic mass is 16.5. The molecule has 0 aromatic carbocycles. The van der Waals surface area contributed by atoms with Gasteiger partial charge in [-0.15, -0.1) is 0 Å². The van der Waals surface area contributed by atoms with Crippen molar-refractivity contribution in [2.75, 3.05) is 26.3 Å². The van der Waals surface area contributed by atoms with E-state index < -0.39 is 24.5 Å². The smallest absolute Gasteiger partial charge is 0.333 e. The van der Waals surface area contributed by atoms with Gasteiger partial charge in [0.2, 0.25) is 0 Å². The van der Waals surface area contributed by atoms with Crippen LogP contribution in [0.1, 0.15) is 31.2 Å². The summed E-state index contributed by atoms with van der Waals surface area (Å²) in [6.07, 6.45) is 8.99. The van der Waals surface area contributed by atoms with Gasteiger partial charge in [-0.3, -0.25) is 9.78 Å². The summed E-state index contributed by atoms with van der Waals surface area (Å²) >= 11 is 0. The fraction of sp³-hybridized carbons (Fsp3) is 0.550. The maximum Gasteiger partial charge on any atom is 0.333 e. The van der Waals surface area contributed by atoms with E-state index in [0.717, 1.165) is 50.5 Å². The number of nitrogens with one attached hydrogen (secondary N) is 1. The first-order valence-corrected chi connectivity index (χ1v) is 9.65. The van der Waals surface area contributed by atoms with Crippen LogP contribution in [0, 0.1) is 5.92 Å². The van der Waals surface area contributed by atoms with Crippen LogP contribution in [0.5, 0.6) is 5.75 Å². The van der Waals surface area contributed by atoms with E-state index in [1.165, 1.54) is 6.42 Å². The van der Waals surface area contributed by atoms with Crippen molar-refractivity contribution in [2.45, 2.75) is 37.9 Å². The largest absolute Gasteiger partial charge is 0.489 e. The van der Waals surface area contributed by atoms with Gasteiger partial charge in [-0.25, -0.2) is 4.79 Å². The number of aliphatic hydroxyl groups is 1. The van der Waals surface area contributed by atoms with Gasteiger partial charge in [-0.2, -0.15) is 0 Å². The van der Waals surface area contributed by atoms with E-state index in [1.54, 1.807) is 6.20 Å². The predicted octanol–water partition coefficient (Wildman–Crippen LogP) is 1.17. The molecular formula is C20H28N2O7. The number of hydrogen-bond donors (Lipinski definition) is 4. The van der Waals surface area contributed by atoms with Crippen molar-refractivity contribution in [3.05, 3.63) is 30.1 Å². The van der Waals surface area contributed by atoms with E-state index >= 15 is 0 Å². The maximum atomic E-state index is 9.72. The SMILES string of the molecule is C(=C\[C@H]1CCNC1)/c1cncc(OC2CCOCC2)c1.O=C(O)C[C@H](O)C(=O)O. The molecule has 4 N–H and O–H groups in total. The monoisotopic (exact) mass is 408 g/mol. The van der Waals surface area contributed by atoms with Crippen molar-refractivity contribution >= 4 is 18.0 Å². The van der Waals surface area contributed by atoms with Gasteiger partial charge in [0.05, 0.1) is 25.8 Å². The number of hydrogen-bond acceptors (Lipinski definition) is 7. The Morgan fingerprint density at radius 1 is 1.28 bits per heavy atom. The molecule has 0 unspecified atom stereocenters. The summed E-state index contributed by atoms with van der Waals surface area (Å²) in [5, 5.41) is 27.5. The minimum Gasteiger partial charge on any atom is -0.489 e. The summed E-state index contributed by atoms with van der Waals surface area (Å²) in [7, 11) is 0. The first-order valence-electron chi connectivity index (χ1n) is 9.65. The fourth-order valence-electron chi connectivity index (χ4n) is 2.92. The zero-order valence-electron chi connectivity index (χ0n) is 16.2. The lowest BCUT2D eigenvalue weighted by Crippen LogP contribution is -2.25. The Balaban J connectivity index is 0.000000284. The van der Waals surface area contributed by atoms with Gasteiger partial charge >= 0.3 is 11.9 Å². The van der Waals surface area contributed by atoms with Crippen LogP contribution in [0.25, 0.3) is 6.08 Å². The number of rotatable bonds is 7. The van der Waals surface area contributed by atoms with E-state index in [1.807, 2.05) is 6.20 Å². The Kier molecular flexibility index (Phi) is 9.55. The molecule has 2 atom stereocenters. The Bertz CT molecular complexity index is 683. The number of carboxylic acid groups (broad SMARTS) is 2. The zero-order valence-corrected chi connectivity index (χ0v) is 16.2. The quantitative estimate of drug-likeness (QED) is 0.523. The second-order valence-corrected chi connectivity index (χ2v) is 6.95. The molecule has 2 fully saturated rings. The van der Waals surface area contributed by atoms with Crippen molar-refractivity contribution in [3.63, 3.8) is 0 Å². The molecule has 0 saturated carbocycles. The van der Waals surface area contributed by atoms with Crippen LogP contribution in [0.2, 0.25) is 0 Å². The Labute approximate surface area is 169 Å². The third-order valence-electron chi connectivity index (χ3n) is 4.52.